The van der Waals surface area contributed by atoms with E-state index in [1.165, 1.54) is 24.9 Å². The molecular formula is C19H30N2O. The molecule has 122 valence electrons. The van der Waals surface area contributed by atoms with Gasteiger partial charge < -0.3 is 10.2 Å². The van der Waals surface area contributed by atoms with E-state index >= 15 is 0 Å². The highest BCUT2D eigenvalue weighted by Crippen LogP contribution is 2.20. The van der Waals surface area contributed by atoms with E-state index in [2.05, 4.69) is 50.0 Å². The quantitative estimate of drug-likeness (QED) is 0.888. The number of piperidine rings is 1. The summed E-state index contributed by atoms with van der Waals surface area (Å²) < 4.78 is 0. The van der Waals surface area contributed by atoms with E-state index in [9.17, 15) is 4.79 Å². The van der Waals surface area contributed by atoms with Crippen LogP contribution in [-0.4, -0.2) is 25.0 Å². The number of nitrogens with one attached hydrogen (secondary N) is 1. The molecule has 1 aliphatic heterocycles. The SMILES string of the molecule is CC(C)C(NC(=O)c1ccc(N2CCCCC2)cc1)C(C)C. The average Bonchev–Trinajstić information content (AvgIpc) is 2.52. The van der Waals surface area contributed by atoms with Crippen molar-refractivity contribution in [2.75, 3.05) is 18.0 Å². The van der Waals surface area contributed by atoms with Crippen LogP contribution < -0.4 is 10.2 Å². The number of carbonyl (C=O) groups is 1. The molecule has 3 heteroatoms. The second-order valence-corrected chi connectivity index (χ2v) is 7.08. The zero-order valence-electron chi connectivity index (χ0n) is 14.4. The van der Waals surface area contributed by atoms with Crippen molar-refractivity contribution >= 4 is 11.6 Å². The molecular weight excluding hydrogens is 272 g/mol. The molecule has 1 aliphatic rings. The molecule has 1 aromatic carbocycles. The lowest BCUT2D eigenvalue weighted by molar-refractivity contribution is 0.0910. The molecule has 2 rings (SSSR count). The van der Waals surface area contributed by atoms with E-state index in [1.54, 1.807) is 0 Å². The van der Waals surface area contributed by atoms with E-state index in [4.69, 9.17) is 0 Å². The summed E-state index contributed by atoms with van der Waals surface area (Å²) in [5.74, 6) is 0.922. The van der Waals surface area contributed by atoms with E-state index < -0.39 is 0 Å². The van der Waals surface area contributed by atoms with Gasteiger partial charge in [0.05, 0.1) is 0 Å². The minimum absolute atomic E-state index is 0.0394. The standard InChI is InChI=1S/C19H30N2O/c1-14(2)18(15(3)4)20-19(22)16-8-10-17(11-9-16)21-12-6-5-7-13-21/h8-11,14-15,18H,5-7,12-13H2,1-4H3,(H,20,22). The Morgan fingerprint density at radius 3 is 2.00 bits per heavy atom. The maximum atomic E-state index is 12.4. The van der Waals surface area contributed by atoms with Gasteiger partial charge in [-0.15, -0.1) is 0 Å². The Kier molecular flexibility index (Phi) is 5.87. The Bertz CT molecular complexity index is 465. The van der Waals surface area contributed by atoms with Gasteiger partial charge in [0.2, 0.25) is 0 Å². The second-order valence-electron chi connectivity index (χ2n) is 7.08. The largest absolute Gasteiger partial charge is 0.372 e. The molecule has 0 aromatic heterocycles. The molecule has 0 atom stereocenters. The molecule has 22 heavy (non-hydrogen) atoms. The van der Waals surface area contributed by atoms with Crippen LogP contribution in [-0.2, 0) is 0 Å². The third kappa shape index (κ3) is 4.25. The lowest BCUT2D eigenvalue weighted by Crippen LogP contribution is -2.42. The summed E-state index contributed by atoms with van der Waals surface area (Å²) in [6.07, 6.45) is 3.88. The minimum Gasteiger partial charge on any atom is -0.372 e. The monoisotopic (exact) mass is 302 g/mol. The van der Waals surface area contributed by atoms with Crippen LogP contribution in [0.25, 0.3) is 0 Å². The fraction of sp³-hybridized carbons (Fsp3) is 0.632. The van der Waals surface area contributed by atoms with Crippen molar-refractivity contribution in [2.24, 2.45) is 11.8 Å². The molecule has 1 heterocycles. The molecule has 0 saturated carbocycles. The molecule has 0 radical (unpaired) electrons. The first-order valence-electron chi connectivity index (χ1n) is 8.65. The molecule has 1 aromatic rings. The van der Waals surface area contributed by atoms with Gasteiger partial charge >= 0.3 is 0 Å². The molecule has 1 amide bonds. The third-order valence-electron chi connectivity index (χ3n) is 4.58. The van der Waals surface area contributed by atoms with Gasteiger partial charge in [0, 0.05) is 30.4 Å². The van der Waals surface area contributed by atoms with Crippen molar-refractivity contribution in [1.82, 2.24) is 5.32 Å². The molecule has 3 nitrogen and oxygen atoms in total. The summed E-state index contributed by atoms with van der Waals surface area (Å²) in [5.41, 5.74) is 1.99. The maximum absolute atomic E-state index is 12.4. The summed E-state index contributed by atoms with van der Waals surface area (Å²) in [6.45, 7) is 10.9. The van der Waals surface area contributed by atoms with Gasteiger partial charge in [-0.2, -0.15) is 0 Å². The Hall–Kier alpha value is -1.51. The van der Waals surface area contributed by atoms with Crippen LogP contribution in [0, 0.1) is 11.8 Å². The Labute approximate surface area is 135 Å². The minimum atomic E-state index is 0.0394. The Balaban J connectivity index is 2.01. The number of carbonyl (C=O) groups excluding carboxylic acids is 1. The molecule has 1 fully saturated rings. The average molecular weight is 302 g/mol. The highest BCUT2D eigenvalue weighted by Gasteiger charge is 2.20. The number of hydrogen-bond acceptors (Lipinski definition) is 2. The van der Waals surface area contributed by atoms with Crippen molar-refractivity contribution in [3.63, 3.8) is 0 Å². The maximum Gasteiger partial charge on any atom is 0.251 e. The molecule has 1 saturated heterocycles. The van der Waals surface area contributed by atoms with Crippen LogP contribution in [0.2, 0.25) is 0 Å². The van der Waals surface area contributed by atoms with Crippen molar-refractivity contribution in [1.29, 1.82) is 0 Å². The molecule has 0 unspecified atom stereocenters. The van der Waals surface area contributed by atoms with Crippen LogP contribution in [0.5, 0.6) is 0 Å². The highest BCUT2D eigenvalue weighted by molar-refractivity contribution is 5.94. The zero-order chi connectivity index (χ0) is 16.1. The summed E-state index contributed by atoms with van der Waals surface area (Å²) in [7, 11) is 0. The van der Waals surface area contributed by atoms with Gasteiger partial charge in [-0.25, -0.2) is 0 Å². The lowest BCUT2D eigenvalue weighted by atomic mass is 9.93. The highest BCUT2D eigenvalue weighted by atomic mass is 16.1. The number of anilines is 1. The van der Waals surface area contributed by atoms with E-state index in [1.807, 2.05) is 12.1 Å². The van der Waals surface area contributed by atoms with Crippen LogP contribution in [0.3, 0.4) is 0 Å². The van der Waals surface area contributed by atoms with Crippen LogP contribution in [0.4, 0.5) is 5.69 Å². The van der Waals surface area contributed by atoms with Crippen LogP contribution in [0.15, 0.2) is 24.3 Å². The summed E-state index contributed by atoms with van der Waals surface area (Å²) in [5, 5.41) is 3.18. The fourth-order valence-corrected chi connectivity index (χ4v) is 3.31. The predicted molar refractivity (Wildman–Crippen MR) is 93.4 cm³/mol. The van der Waals surface area contributed by atoms with E-state index in [0.29, 0.717) is 11.8 Å². The fourth-order valence-electron chi connectivity index (χ4n) is 3.31. The zero-order valence-corrected chi connectivity index (χ0v) is 14.4. The predicted octanol–water partition coefficient (Wildman–Crippen LogP) is 4.09. The lowest BCUT2D eigenvalue weighted by Gasteiger charge is -2.29. The van der Waals surface area contributed by atoms with Gasteiger partial charge in [-0.05, 0) is 55.4 Å². The first-order valence-corrected chi connectivity index (χ1v) is 8.65. The molecule has 0 spiro atoms. The molecule has 0 aliphatic carbocycles. The van der Waals surface area contributed by atoms with Gasteiger partial charge in [0.25, 0.3) is 5.91 Å². The first-order chi connectivity index (χ1) is 10.5. The number of hydrogen-bond donors (Lipinski definition) is 1. The molecule has 1 N–H and O–H groups in total. The van der Waals surface area contributed by atoms with Gasteiger partial charge in [0.15, 0.2) is 0 Å². The van der Waals surface area contributed by atoms with E-state index in [0.717, 1.165) is 18.7 Å². The normalized spacial score (nSPS) is 15.7. The van der Waals surface area contributed by atoms with E-state index in [-0.39, 0.29) is 11.9 Å². The van der Waals surface area contributed by atoms with Gasteiger partial charge in [-0.1, -0.05) is 27.7 Å². The van der Waals surface area contributed by atoms with Crippen LogP contribution in [0.1, 0.15) is 57.3 Å². The van der Waals surface area contributed by atoms with Crippen molar-refractivity contribution in [3.8, 4) is 0 Å². The van der Waals surface area contributed by atoms with Crippen molar-refractivity contribution < 1.29 is 4.79 Å². The topological polar surface area (TPSA) is 32.3 Å². The van der Waals surface area contributed by atoms with Crippen molar-refractivity contribution in [2.45, 2.75) is 53.0 Å². The smallest absolute Gasteiger partial charge is 0.251 e. The van der Waals surface area contributed by atoms with Crippen LogP contribution >= 0.6 is 0 Å². The Morgan fingerprint density at radius 1 is 0.955 bits per heavy atom. The number of rotatable bonds is 5. The third-order valence-corrected chi connectivity index (χ3v) is 4.58. The first kappa shape index (κ1) is 16.9. The number of benzene rings is 1. The number of amides is 1. The summed E-state index contributed by atoms with van der Waals surface area (Å²) in [6, 6.07) is 8.29. The summed E-state index contributed by atoms with van der Waals surface area (Å²) in [4.78, 5) is 14.8. The number of nitrogens with zero attached hydrogens (tertiary/aromatic N) is 1. The van der Waals surface area contributed by atoms with Gasteiger partial charge in [0.1, 0.15) is 0 Å². The van der Waals surface area contributed by atoms with Gasteiger partial charge in [-0.3, -0.25) is 4.79 Å². The summed E-state index contributed by atoms with van der Waals surface area (Å²) >= 11 is 0. The second kappa shape index (κ2) is 7.66. The van der Waals surface area contributed by atoms with Crippen molar-refractivity contribution in [3.05, 3.63) is 29.8 Å². The molecule has 0 bridgehead atoms. The Morgan fingerprint density at radius 2 is 1.50 bits per heavy atom.